The van der Waals surface area contributed by atoms with Crippen LogP contribution in [-0.4, -0.2) is 27.4 Å². The van der Waals surface area contributed by atoms with Crippen LogP contribution in [0.4, 0.5) is 0 Å². The Bertz CT molecular complexity index is 380. The maximum Gasteiger partial charge on any atom is 0.318 e. The van der Waals surface area contributed by atoms with E-state index < -0.39 is 17.2 Å². The third kappa shape index (κ3) is 5.65. The molecule has 0 fully saturated rings. The van der Waals surface area contributed by atoms with Gasteiger partial charge in [0.25, 0.3) is 0 Å². The first-order valence-corrected chi connectivity index (χ1v) is 7.24. The minimum atomic E-state index is -1.09. The van der Waals surface area contributed by atoms with Crippen molar-refractivity contribution in [1.29, 1.82) is 0 Å². The maximum atomic E-state index is 10.8. The first-order valence-electron chi connectivity index (χ1n) is 4.86. The molecule has 0 bridgehead atoms. The summed E-state index contributed by atoms with van der Waals surface area (Å²) in [6.07, 6.45) is -0.359. The highest BCUT2D eigenvalue weighted by atomic mass is 33.1. The van der Waals surface area contributed by atoms with Crippen molar-refractivity contribution in [2.45, 2.75) is 17.4 Å². The Labute approximate surface area is 107 Å². The molecule has 1 atom stereocenters. The Morgan fingerprint density at radius 2 is 1.82 bits per heavy atom. The van der Waals surface area contributed by atoms with Gasteiger partial charge in [-0.3, -0.25) is 9.59 Å². The molecule has 4 nitrogen and oxygen atoms in total. The molecule has 92 valence electrons. The Kier molecular flexibility index (Phi) is 5.93. The standard InChI is InChI=1S/C11H12O4S2/c12-10(13)6-9(11(14)15)17-16-7-8-4-2-1-3-5-8/h1-5,9H,6-7H2,(H,12,13)(H,14,15)/t9-/m0/s1. The third-order valence-corrected chi connectivity index (χ3v) is 4.53. The van der Waals surface area contributed by atoms with E-state index in [4.69, 9.17) is 10.2 Å². The predicted molar refractivity (Wildman–Crippen MR) is 69.0 cm³/mol. The van der Waals surface area contributed by atoms with Gasteiger partial charge in [-0.1, -0.05) is 51.9 Å². The van der Waals surface area contributed by atoms with E-state index >= 15 is 0 Å². The van der Waals surface area contributed by atoms with Gasteiger partial charge < -0.3 is 10.2 Å². The molecule has 17 heavy (non-hydrogen) atoms. The number of aliphatic carboxylic acids is 2. The fraction of sp³-hybridized carbons (Fsp3) is 0.273. The van der Waals surface area contributed by atoms with Crippen molar-refractivity contribution < 1.29 is 19.8 Å². The van der Waals surface area contributed by atoms with Gasteiger partial charge in [0.2, 0.25) is 0 Å². The van der Waals surface area contributed by atoms with Crippen LogP contribution >= 0.6 is 21.6 Å². The average Bonchev–Trinajstić information content (AvgIpc) is 2.28. The van der Waals surface area contributed by atoms with Crippen LogP contribution in [0.3, 0.4) is 0 Å². The Hall–Kier alpha value is -1.14. The molecule has 0 saturated heterocycles. The second-order valence-corrected chi connectivity index (χ2v) is 5.84. The highest BCUT2D eigenvalue weighted by Gasteiger charge is 2.21. The quantitative estimate of drug-likeness (QED) is 0.743. The van der Waals surface area contributed by atoms with Gasteiger partial charge in [-0.15, -0.1) is 0 Å². The molecule has 6 heteroatoms. The minimum absolute atomic E-state index is 0.359. The molecule has 1 rings (SSSR count). The van der Waals surface area contributed by atoms with Crippen molar-refractivity contribution in [3.8, 4) is 0 Å². The summed E-state index contributed by atoms with van der Waals surface area (Å²) in [4.78, 5) is 21.2. The van der Waals surface area contributed by atoms with Gasteiger partial charge in [0.15, 0.2) is 0 Å². The third-order valence-electron chi connectivity index (χ3n) is 1.89. The molecule has 0 radical (unpaired) electrons. The van der Waals surface area contributed by atoms with Gasteiger partial charge in [0.1, 0.15) is 5.25 Å². The van der Waals surface area contributed by atoms with E-state index in [-0.39, 0.29) is 6.42 Å². The molecule has 0 aliphatic carbocycles. The van der Waals surface area contributed by atoms with E-state index in [2.05, 4.69) is 0 Å². The van der Waals surface area contributed by atoms with Gasteiger partial charge >= 0.3 is 11.9 Å². The van der Waals surface area contributed by atoms with Crippen LogP contribution in [-0.2, 0) is 15.3 Å². The molecule has 0 amide bonds. The minimum Gasteiger partial charge on any atom is -0.481 e. The van der Waals surface area contributed by atoms with Crippen molar-refractivity contribution in [3.63, 3.8) is 0 Å². The maximum absolute atomic E-state index is 10.8. The van der Waals surface area contributed by atoms with E-state index in [9.17, 15) is 9.59 Å². The zero-order chi connectivity index (χ0) is 12.7. The molecule has 0 unspecified atom stereocenters. The molecule has 0 spiro atoms. The summed E-state index contributed by atoms with van der Waals surface area (Å²) in [5.41, 5.74) is 1.09. The first kappa shape index (κ1) is 13.9. The molecule has 0 aliphatic rings. The molecule has 0 aliphatic heterocycles. The van der Waals surface area contributed by atoms with Crippen molar-refractivity contribution >= 4 is 33.5 Å². The van der Waals surface area contributed by atoms with E-state index in [1.807, 2.05) is 30.3 Å². The first-order chi connectivity index (χ1) is 8.09. The molecular formula is C11H12O4S2. The largest absolute Gasteiger partial charge is 0.481 e. The fourth-order valence-corrected chi connectivity index (χ4v) is 3.49. The summed E-state index contributed by atoms with van der Waals surface area (Å²) in [6.45, 7) is 0. The van der Waals surface area contributed by atoms with Crippen LogP contribution in [0, 0.1) is 0 Å². The second-order valence-electron chi connectivity index (χ2n) is 3.27. The summed E-state index contributed by atoms with van der Waals surface area (Å²) >= 11 is 0. The second kappa shape index (κ2) is 7.24. The van der Waals surface area contributed by atoms with Crippen LogP contribution in [0.15, 0.2) is 30.3 Å². The summed E-state index contributed by atoms with van der Waals surface area (Å²) in [6, 6.07) is 9.62. The van der Waals surface area contributed by atoms with Crippen LogP contribution in [0.25, 0.3) is 0 Å². The van der Waals surface area contributed by atoms with E-state index in [0.29, 0.717) is 5.75 Å². The lowest BCUT2D eigenvalue weighted by Crippen LogP contribution is -2.19. The highest BCUT2D eigenvalue weighted by Crippen LogP contribution is 2.31. The lowest BCUT2D eigenvalue weighted by Gasteiger charge is -2.08. The topological polar surface area (TPSA) is 74.6 Å². The summed E-state index contributed by atoms with van der Waals surface area (Å²) in [7, 11) is 2.45. The van der Waals surface area contributed by atoms with E-state index in [1.54, 1.807) is 0 Å². The Balaban J connectivity index is 2.37. The van der Waals surface area contributed by atoms with Gasteiger partial charge in [-0.2, -0.15) is 0 Å². The van der Waals surface area contributed by atoms with E-state index in [1.165, 1.54) is 10.8 Å². The van der Waals surface area contributed by atoms with Crippen molar-refractivity contribution in [2.24, 2.45) is 0 Å². The molecule has 0 saturated carbocycles. The lowest BCUT2D eigenvalue weighted by molar-refractivity contribution is -0.142. The van der Waals surface area contributed by atoms with E-state index in [0.717, 1.165) is 16.4 Å². The van der Waals surface area contributed by atoms with Gasteiger partial charge in [0.05, 0.1) is 6.42 Å². The fourth-order valence-electron chi connectivity index (χ4n) is 1.08. The lowest BCUT2D eigenvalue weighted by atomic mass is 10.2. The molecular weight excluding hydrogens is 260 g/mol. The summed E-state index contributed by atoms with van der Waals surface area (Å²) in [5, 5.41) is 16.5. The predicted octanol–water partition coefficient (Wildman–Crippen LogP) is 2.50. The number of benzene rings is 1. The van der Waals surface area contributed by atoms with Gasteiger partial charge in [-0.05, 0) is 5.56 Å². The molecule has 0 heterocycles. The number of carbonyl (C=O) groups is 2. The Morgan fingerprint density at radius 3 is 2.35 bits per heavy atom. The average molecular weight is 272 g/mol. The van der Waals surface area contributed by atoms with Gasteiger partial charge in [-0.25, -0.2) is 0 Å². The summed E-state index contributed by atoms with van der Waals surface area (Å²) in [5.74, 6) is -1.52. The molecule has 1 aromatic carbocycles. The molecule has 0 aromatic heterocycles. The zero-order valence-electron chi connectivity index (χ0n) is 8.91. The SMILES string of the molecule is O=C(O)C[C@H](SSCc1ccccc1)C(=O)O. The van der Waals surface area contributed by atoms with Crippen molar-refractivity contribution in [3.05, 3.63) is 35.9 Å². The number of carboxylic acid groups (broad SMARTS) is 2. The van der Waals surface area contributed by atoms with Crippen LogP contribution in [0.5, 0.6) is 0 Å². The van der Waals surface area contributed by atoms with Crippen molar-refractivity contribution in [1.82, 2.24) is 0 Å². The Morgan fingerprint density at radius 1 is 1.18 bits per heavy atom. The number of hydrogen-bond acceptors (Lipinski definition) is 4. The van der Waals surface area contributed by atoms with Crippen LogP contribution < -0.4 is 0 Å². The number of carboxylic acids is 2. The monoisotopic (exact) mass is 272 g/mol. The molecule has 1 aromatic rings. The van der Waals surface area contributed by atoms with Gasteiger partial charge in [0, 0.05) is 5.75 Å². The zero-order valence-corrected chi connectivity index (χ0v) is 10.5. The smallest absolute Gasteiger partial charge is 0.318 e. The molecule has 2 N–H and O–H groups in total. The highest BCUT2D eigenvalue weighted by molar-refractivity contribution is 8.76. The van der Waals surface area contributed by atoms with Crippen LogP contribution in [0.2, 0.25) is 0 Å². The number of rotatable bonds is 7. The summed E-state index contributed by atoms with van der Waals surface area (Å²) < 4.78 is 0. The van der Waals surface area contributed by atoms with Crippen LogP contribution in [0.1, 0.15) is 12.0 Å². The van der Waals surface area contributed by atoms with Crippen molar-refractivity contribution in [2.75, 3.05) is 0 Å². The number of hydrogen-bond donors (Lipinski definition) is 2. The normalized spacial score (nSPS) is 12.0.